The lowest BCUT2D eigenvalue weighted by Crippen LogP contribution is -2.34. The lowest BCUT2D eigenvalue weighted by atomic mass is 10.0. The van der Waals surface area contributed by atoms with E-state index in [2.05, 4.69) is 37.8 Å². The van der Waals surface area contributed by atoms with E-state index < -0.39 is 0 Å². The van der Waals surface area contributed by atoms with Gasteiger partial charge >= 0.3 is 0 Å². The lowest BCUT2D eigenvalue weighted by molar-refractivity contribution is 0.489. The van der Waals surface area contributed by atoms with Gasteiger partial charge in [-0.3, -0.25) is 0 Å². The molecule has 2 heterocycles. The van der Waals surface area contributed by atoms with Gasteiger partial charge in [-0.15, -0.1) is 0 Å². The van der Waals surface area contributed by atoms with Gasteiger partial charge in [0.25, 0.3) is 0 Å². The summed E-state index contributed by atoms with van der Waals surface area (Å²) in [6.07, 6.45) is 4.74. The summed E-state index contributed by atoms with van der Waals surface area (Å²) < 4.78 is 0. The summed E-state index contributed by atoms with van der Waals surface area (Å²) in [7, 11) is 0. The van der Waals surface area contributed by atoms with Gasteiger partial charge in [0.2, 0.25) is 0 Å². The molecule has 1 aliphatic rings. The summed E-state index contributed by atoms with van der Waals surface area (Å²) in [5.74, 6) is 1.82. The van der Waals surface area contributed by atoms with Crippen molar-refractivity contribution in [2.45, 2.75) is 59.0 Å². The first-order valence-corrected chi connectivity index (χ1v) is 7.62. The Morgan fingerprint density at radius 2 is 2.21 bits per heavy atom. The number of anilines is 1. The Morgan fingerprint density at radius 3 is 2.84 bits per heavy atom. The average molecular weight is 261 g/mol. The van der Waals surface area contributed by atoms with Crippen LogP contribution in [0.25, 0.3) is 0 Å². The zero-order valence-electron chi connectivity index (χ0n) is 12.5. The molecule has 0 amide bonds. The Balaban J connectivity index is 2.29. The van der Waals surface area contributed by atoms with Crippen LogP contribution < -0.4 is 10.6 Å². The molecule has 2 rings (SSSR count). The molecule has 3 nitrogen and oxygen atoms in total. The highest BCUT2D eigenvalue weighted by Crippen LogP contribution is 2.29. The van der Waals surface area contributed by atoms with Gasteiger partial charge in [-0.2, -0.15) is 0 Å². The molecule has 19 heavy (non-hydrogen) atoms. The van der Waals surface area contributed by atoms with Crippen molar-refractivity contribution in [1.82, 2.24) is 4.98 Å². The van der Waals surface area contributed by atoms with Crippen LogP contribution in [0.2, 0.25) is 0 Å². The van der Waals surface area contributed by atoms with Gasteiger partial charge in [0.15, 0.2) is 0 Å². The Kier molecular flexibility index (Phi) is 4.81. The summed E-state index contributed by atoms with van der Waals surface area (Å²) in [5, 5.41) is 0. The fourth-order valence-corrected chi connectivity index (χ4v) is 3.05. The Labute approximate surface area is 117 Å². The van der Waals surface area contributed by atoms with E-state index in [0.29, 0.717) is 18.5 Å². The molecule has 1 unspecified atom stereocenters. The summed E-state index contributed by atoms with van der Waals surface area (Å²) in [4.78, 5) is 7.35. The predicted molar refractivity (Wildman–Crippen MR) is 81.3 cm³/mol. The lowest BCUT2D eigenvalue weighted by Gasteiger charge is -2.29. The van der Waals surface area contributed by atoms with Crippen LogP contribution in [0.1, 0.15) is 51.3 Å². The van der Waals surface area contributed by atoms with E-state index >= 15 is 0 Å². The second-order valence-corrected chi connectivity index (χ2v) is 5.93. The molecule has 1 aromatic heterocycles. The zero-order valence-corrected chi connectivity index (χ0v) is 12.5. The number of aryl methyl sites for hydroxylation is 1. The normalized spacial score (nSPS) is 19.4. The second kappa shape index (κ2) is 6.38. The third-order valence-electron chi connectivity index (χ3n) is 4.03. The molecule has 0 radical (unpaired) electrons. The van der Waals surface area contributed by atoms with Crippen LogP contribution >= 0.6 is 0 Å². The third kappa shape index (κ3) is 3.27. The maximum atomic E-state index is 5.83. The van der Waals surface area contributed by atoms with E-state index in [1.54, 1.807) is 0 Å². The molecular weight excluding hydrogens is 234 g/mol. The zero-order chi connectivity index (χ0) is 13.8. The molecule has 2 N–H and O–H groups in total. The van der Waals surface area contributed by atoms with Crippen LogP contribution in [0.15, 0.2) is 12.1 Å². The van der Waals surface area contributed by atoms with Gasteiger partial charge in [-0.25, -0.2) is 4.98 Å². The van der Waals surface area contributed by atoms with Gasteiger partial charge in [-0.05, 0) is 42.9 Å². The molecule has 1 saturated heterocycles. The van der Waals surface area contributed by atoms with Crippen molar-refractivity contribution in [1.29, 1.82) is 0 Å². The summed E-state index contributed by atoms with van der Waals surface area (Å²) in [5.41, 5.74) is 8.23. The summed E-state index contributed by atoms with van der Waals surface area (Å²) in [6.45, 7) is 8.55. The number of hydrogen-bond acceptors (Lipinski definition) is 3. The van der Waals surface area contributed by atoms with Crippen LogP contribution in [0.3, 0.4) is 0 Å². The number of hydrogen-bond donors (Lipinski definition) is 1. The molecule has 1 atom stereocenters. The van der Waals surface area contributed by atoms with Crippen LogP contribution in [0.4, 0.5) is 5.82 Å². The SMILES string of the molecule is CCCc1cc(CN)cc(N2CCCC2C(C)C)n1. The minimum absolute atomic E-state index is 0.604. The van der Waals surface area contributed by atoms with Crippen molar-refractivity contribution >= 4 is 5.82 Å². The molecule has 1 aromatic rings. The van der Waals surface area contributed by atoms with Crippen molar-refractivity contribution in [3.05, 3.63) is 23.4 Å². The van der Waals surface area contributed by atoms with Crippen molar-refractivity contribution < 1.29 is 0 Å². The highest BCUT2D eigenvalue weighted by atomic mass is 15.2. The fraction of sp³-hybridized carbons (Fsp3) is 0.688. The number of nitrogens with two attached hydrogens (primary N) is 1. The number of pyridine rings is 1. The molecular formula is C16H27N3. The smallest absolute Gasteiger partial charge is 0.129 e. The van der Waals surface area contributed by atoms with Crippen molar-refractivity contribution in [3.63, 3.8) is 0 Å². The molecule has 3 heteroatoms. The molecule has 0 saturated carbocycles. The van der Waals surface area contributed by atoms with E-state index in [0.717, 1.165) is 25.2 Å². The number of rotatable bonds is 5. The van der Waals surface area contributed by atoms with E-state index in [1.165, 1.54) is 24.1 Å². The largest absolute Gasteiger partial charge is 0.353 e. The highest BCUT2D eigenvalue weighted by molar-refractivity contribution is 5.45. The number of aromatic nitrogens is 1. The highest BCUT2D eigenvalue weighted by Gasteiger charge is 2.28. The summed E-state index contributed by atoms with van der Waals surface area (Å²) in [6, 6.07) is 4.97. The Morgan fingerprint density at radius 1 is 1.42 bits per heavy atom. The maximum Gasteiger partial charge on any atom is 0.129 e. The van der Waals surface area contributed by atoms with Crippen LogP contribution in [-0.2, 0) is 13.0 Å². The first kappa shape index (κ1) is 14.3. The summed E-state index contributed by atoms with van der Waals surface area (Å²) >= 11 is 0. The average Bonchev–Trinajstić information content (AvgIpc) is 2.88. The van der Waals surface area contributed by atoms with Gasteiger partial charge in [-0.1, -0.05) is 27.2 Å². The second-order valence-electron chi connectivity index (χ2n) is 5.93. The van der Waals surface area contributed by atoms with E-state index in [-0.39, 0.29) is 0 Å². The van der Waals surface area contributed by atoms with Gasteiger partial charge in [0.05, 0.1) is 0 Å². The quantitative estimate of drug-likeness (QED) is 0.885. The van der Waals surface area contributed by atoms with E-state index in [4.69, 9.17) is 10.7 Å². The topological polar surface area (TPSA) is 42.1 Å². The van der Waals surface area contributed by atoms with Crippen LogP contribution in [-0.4, -0.2) is 17.6 Å². The van der Waals surface area contributed by atoms with Crippen molar-refractivity contribution in [2.24, 2.45) is 11.7 Å². The standard InChI is InChI=1S/C16H27N3/c1-4-6-14-9-13(11-17)10-16(18-14)19-8-5-7-15(19)12(2)3/h9-10,12,15H,4-8,11,17H2,1-3H3. The first-order valence-electron chi connectivity index (χ1n) is 7.62. The third-order valence-corrected chi connectivity index (χ3v) is 4.03. The monoisotopic (exact) mass is 261 g/mol. The molecule has 1 aliphatic heterocycles. The van der Waals surface area contributed by atoms with Crippen LogP contribution in [0.5, 0.6) is 0 Å². The van der Waals surface area contributed by atoms with Crippen LogP contribution in [0, 0.1) is 5.92 Å². The Bertz CT molecular complexity index is 414. The molecule has 106 valence electrons. The molecule has 1 fully saturated rings. The fourth-order valence-electron chi connectivity index (χ4n) is 3.05. The van der Waals surface area contributed by atoms with Crippen molar-refractivity contribution in [3.8, 4) is 0 Å². The Hall–Kier alpha value is -1.09. The van der Waals surface area contributed by atoms with Crippen molar-refractivity contribution in [2.75, 3.05) is 11.4 Å². The molecule has 0 spiro atoms. The molecule has 0 aliphatic carbocycles. The molecule has 0 aromatic carbocycles. The van der Waals surface area contributed by atoms with E-state index in [9.17, 15) is 0 Å². The molecule has 0 bridgehead atoms. The van der Waals surface area contributed by atoms with E-state index in [1.807, 2.05) is 0 Å². The van der Waals surface area contributed by atoms with Gasteiger partial charge in [0, 0.05) is 24.8 Å². The number of nitrogens with zero attached hydrogens (tertiary/aromatic N) is 2. The predicted octanol–water partition coefficient (Wildman–Crippen LogP) is 3.12. The van der Waals surface area contributed by atoms with Gasteiger partial charge < -0.3 is 10.6 Å². The maximum absolute atomic E-state index is 5.83. The minimum atomic E-state index is 0.604. The minimum Gasteiger partial charge on any atom is -0.353 e. The first-order chi connectivity index (χ1) is 9.15. The van der Waals surface area contributed by atoms with Gasteiger partial charge in [0.1, 0.15) is 5.82 Å².